The van der Waals surface area contributed by atoms with Crippen LogP contribution in [-0.2, 0) is 6.54 Å². The van der Waals surface area contributed by atoms with E-state index in [1.165, 1.54) is 6.33 Å². The van der Waals surface area contributed by atoms with E-state index in [0.717, 1.165) is 17.0 Å². The zero-order valence-electron chi connectivity index (χ0n) is 14.6. The van der Waals surface area contributed by atoms with Gasteiger partial charge in [-0.3, -0.25) is 4.79 Å². The van der Waals surface area contributed by atoms with Crippen LogP contribution in [0.25, 0.3) is 0 Å². The van der Waals surface area contributed by atoms with E-state index < -0.39 is 0 Å². The van der Waals surface area contributed by atoms with Gasteiger partial charge in [-0.1, -0.05) is 12.1 Å². The molecular weight excluding hydrogens is 342 g/mol. The minimum Gasteiger partial charge on any atom is -0.497 e. The van der Waals surface area contributed by atoms with Crippen molar-refractivity contribution in [3.63, 3.8) is 0 Å². The molecular formula is C20H17N5O2. The van der Waals surface area contributed by atoms with Crippen LogP contribution in [0.2, 0.25) is 0 Å². The first-order valence-electron chi connectivity index (χ1n) is 8.18. The molecule has 2 aromatic carbocycles. The van der Waals surface area contributed by atoms with Crippen molar-refractivity contribution < 1.29 is 9.53 Å². The highest BCUT2D eigenvalue weighted by atomic mass is 16.5. The van der Waals surface area contributed by atoms with Crippen molar-refractivity contribution in [2.45, 2.75) is 6.54 Å². The van der Waals surface area contributed by atoms with Crippen molar-refractivity contribution in [1.29, 1.82) is 5.26 Å². The largest absolute Gasteiger partial charge is 0.497 e. The summed E-state index contributed by atoms with van der Waals surface area (Å²) in [6, 6.07) is 18.0. The normalized spacial score (nSPS) is 9.93. The van der Waals surface area contributed by atoms with Crippen LogP contribution in [0.1, 0.15) is 21.6 Å². The number of rotatable bonds is 6. The summed E-state index contributed by atoms with van der Waals surface area (Å²) >= 11 is 0. The highest BCUT2D eigenvalue weighted by Crippen LogP contribution is 2.15. The molecule has 3 aromatic rings. The average molecular weight is 359 g/mol. The molecule has 0 saturated carbocycles. The lowest BCUT2D eigenvalue weighted by Crippen LogP contribution is -2.24. The van der Waals surface area contributed by atoms with Gasteiger partial charge in [-0.05, 0) is 42.0 Å². The molecule has 0 radical (unpaired) electrons. The fourth-order valence-electron chi connectivity index (χ4n) is 2.34. The Kier molecular flexibility index (Phi) is 5.60. The van der Waals surface area contributed by atoms with Crippen LogP contribution in [0, 0.1) is 11.3 Å². The Morgan fingerprint density at radius 2 is 1.85 bits per heavy atom. The maximum Gasteiger partial charge on any atom is 0.270 e. The third-order valence-corrected chi connectivity index (χ3v) is 3.80. The highest BCUT2D eigenvalue weighted by Gasteiger charge is 2.09. The number of ether oxygens (including phenoxy) is 1. The second kappa shape index (κ2) is 8.45. The van der Waals surface area contributed by atoms with Crippen molar-refractivity contribution in [3.05, 3.63) is 77.7 Å². The van der Waals surface area contributed by atoms with Gasteiger partial charge in [0.15, 0.2) is 0 Å². The van der Waals surface area contributed by atoms with Gasteiger partial charge in [0, 0.05) is 18.3 Å². The minimum absolute atomic E-state index is 0.259. The molecule has 1 aromatic heterocycles. The number of nitrogens with zero attached hydrogens (tertiary/aromatic N) is 3. The first kappa shape index (κ1) is 17.9. The fourth-order valence-corrected chi connectivity index (χ4v) is 2.34. The summed E-state index contributed by atoms with van der Waals surface area (Å²) in [6.45, 7) is 0.380. The molecule has 7 nitrogen and oxygen atoms in total. The van der Waals surface area contributed by atoms with Crippen LogP contribution < -0.4 is 15.4 Å². The van der Waals surface area contributed by atoms with Gasteiger partial charge in [0.25, 0.3) is 5.91 Å². The topological polar surface area (TPSA) is 99.9 Å². The maximum absolute atomic E-state index is 12.3. The zero-order valence-corrected chi connectivity index (χ0v) is 14.6. The van der Waals surface area contributed by atoms with E-state index in [9.17, 15) is 4.79 Å². The Labute approximate surface area is 156 Å². The smallest absolute Gasteiger partial charge is 0.270 e. The Bertz CT molecular complexity index is 963. The number of hydrogen-bond donors (Lipinski definition) is 2. The van der Waals surface area contributed by atoms with Crippen LogP contribution in [-0.4, -0.2) is 23.0 Å². The van der Waals surface area contributed by atoms with E-state index in [4.69, 9.17) is 10.00 Å². The van der Waals surface area contributed by atoms with Crippen LogP contribution in [0.3, 0.4) is 0 Å². The highest BCUT2D eigenvalue weighted by molar-refractivity contribution is 5.92. The van der Waals surface area contributed by atoms with Crippen molar-refractivity contribution >= 4 is 17.4 Å². The Morgan fingerprint density at radius 3 is 2.52 bits per heavy atom. The van der Waals surface area contributed by atoms with E-state index in [2.05, 4.69) is 26.7 Å². The molecule has 0 aliphatic heterocycles. The summed E-state index contributed by atoms with van der Waals surface area (Å²) in [7, 11) is 1.61. The molecule has 134 valence electrons. The van der Waals surface area contributed by atoms with E-state index in [1.54, 1.807) is 37.4 Å². The molecule has 27 heavy (non-hydrogen) atoms. The summed E-state index contributed by atoms with van der Waals surface area (Å²) in [6.07, 6.45) is 1.33. The molecule has 1 amide bonds. The second-order valence-electron chi connectivity index (χ2n) is 5.63. The third kappa shape index (κ3) is 4.80. The number of carbonyl (C=O) groups excluding carboxylic acids is 1. The maximum atomic E-state index is 12.3. The van der Waals surface area contributed by atoms with Crippen molar-refractivity contribution in [3.8, 4) is 11.8 Å². The van der Waals surface area contributed by atoms with Crippen LogP contribution in [0.4, 0.5) is 11.5 Å². The van der Waals surface area contributed by atoms with Gasteiger partial charge in [0.2, 0.25) is 0 Å². The lowest BCUT2D eigenvalue weighted by Gasteiger charge is -2.08. The van der Waals surface area contributed by atoms with E-state index in [1.807, 2.05) is 24.3 Å². The zero-order chi connectivity index (χ0) is 19.1. The first-order chi connectivity index (χ1) is 13.2. The van der Waals surface area contributed by atoms with Crippen molar-refractivity contribution in [2.24, 2.45) is 0 Å². The van der Waals surface area contributed by atoms with Crippen LogP contribution in [0.15, 0.2) is 60.9 Å². The number of hydrogen-bond acceptors (Lipinski definition) is 6. The number of nitriles is 1. The van der Waals surface area contributed by atoms with Gasteiger partial charge in [-0.2, -0.15) is 5.26 Å². The number of amides is 1. The summed E-state index contributed by atoms with van der Waals surface area (Å²) < 4.78 is 5.11. The first-order valence-corrected chi connectivity index (χ1v) is 8.18. The van der Waals surface area contributed by atoms with Gasteiger partial charge in [-0.25, -0.2) is 9.97 Å². The number of aromatic nitrogens is 2. The lowest BCUT2D eigenvalue weighted by molar-refractivity contribution is 0.0946. The minimum atomic E-state index is -0.295. The number of methoxy groups -OCH3 is 1. The molecule has 0 unspecified atom stereocenters. The van der Waals surface area contributed by atoms with Crippen LogP contribution in [0.5, 0.6) is 5.75 Å². The standard InChI is InChI=1S/C20H17N5O2/c1-27-17-8-4-15(5-9-17)12-22-20(26)18-10-19(24-13-23-18)25-16-6-2-14(11-21)3-7-16/h2-10,13H,12H2,1H3,(H,22,26)(H,23,24,25). The number of benzene rings is 2. The van der Waals surface area contributed by atoms with Gasteiger partial charge >= 0.3 is 0 Å². The summed E-state index contributed by atoms with van der Waals surface area (Å²) in [4.78, 5) is 20.5. The van der Waals surface area contributed by atoms with Gasteiger partial charge < -0.3 is 15.4 Å². The quantitative estimate of drug-likeness (QED) is 0.702. The van der Waals surface area contributed by atoms with E-state index >= 15 is 0 Å². The van der Waals surface area contributed by atoms with E-state index in [0.29, 0.717) is 17.9 Å². The Morgan fingerprint density at radius 1 is 1.11 bits per heavy atom. The predicted octanol–water partition coefficient (Wildman–Crippen LogP) is 3.03. The summed E-state index contributed by atoms with van der Waals surface area (Å²) in [5.41, 5.74) is 2.54. The summed E-state index contributed by atoms with van der Waals surface area (Å²) in [5.74, 6) is 0.958. The fraction of sp³-hybridized carbons (Fsp3) is 0.100. The van der Waals surface area contributed by atoms with E-state index in [-0.39, 0.29) is 11.6 Å². The SMILES string of the molecule is COc1ccc(CNC(=O)c2cc(Nc3ccc(C#N)cc3)ncn2)cc1. The number of carbonyl (C=O) groups is 1. The number of nitrogens with one attached hydrogen (secondary N) is 2. The molecule has 0 spiro atoms. The molecule has 0 aliphatic rings. The number of anilines is 2. The molecule has 0 saturated heterocycles. The molecule has 0 fully saturated rings. The molecule has 3 rings (SSSR count). The van der Waals surface area contributed by atoms with Gasteiger partial charge in [0.1, 0.15) is 23.6 Å². The molecule has 0 aliphatic carbocycles. The van der Waals surface area contributed by atoms with Gasteiger partial charge in [-0.15, -0.1) is 0 Å². The van der Waals surface area contributed by atoms with Crippen molar-refractivity contribution in [1.82, 2.24) is 15.3 Å². The van der Waals surface area contributed by atoms with Crippen molar-refractivity contribution in [2.75, 3.05) is 12.4 Å². The lowest BCUT2D eigenvalue weighted by atomic mass is 10.2. The summed E-state index contributed by atoms with van der Waals surface area (Å²) in [5, 5.41) is 14.7. The molecule has 2 N–H and O–H groups in total. The predicted molar refractivity (Wildman–Crippen MR) is 101 cm³/mol. The average Bonchev–Trinajstić information content (AvgIpc) is 2.73. The molecule has 0 atom stereocenters. The third-order valence-electron chi connectivity index (χ3n) is 3.80. The molecule has 1 heterocycles. The van der Waals surface area contributed by atoms with Gasteiger partial charge in [0.05, 0.1) is 18.7 Å². The monoisotopic (exact) mass is 359 g/mol. The Balaban J connectivity index is 1.63. The molecule has 7 heteroatoms. The Hall–Kier alpha value is -3.92. The van der Waals surface area contributed by atoms with Crippen LogP contribution >= 0.6 is 0 Å². The molecule has 0 bridgehead atoms. The second-order valence-corrected chi connectivity index (χ2v) is 5.63.